The number of likely N-dealkylation sites (N-methyl/N-ethyl adjacent to an activating group) is 1. The third-order valence-corrected chi connectivity index (χ3v) is 3.38. The number of hydrogen-bond donors (Lipinski definition) is 1. The van der Waals surface area contributed by atoms with E-state index in [1.165, 1.54) is 0 Å². The van der Waals surface area contributed by atoms with Crippen molar-refractivity contribution < 1.29 is 4.42 Å². The van der Waals surface area contributed by atoms with E-state index < -0.39 is 0 Å². The van der Waals surface area contributed by atoms with Gasteiger partial charge in [0.2, 0.25) is 0 Å². The van der Waals surface area contributed by atoms with E-state index in [1.807, 2.05) is 16.8 Å². The van der Waals surface area contributed by atoms with Crippen LogP contribution in [-0.4, -0.2) is 27.4 Å². The van der Waals surface area contributed by atoms with Gasteiger partial charge < -0.3 is 9.73 Å². The van der Waals surface area contributed by atoms with Gasteiger partial charge >= 0.3 is 0 Å². The summed E-state index contributed by atoms with van der Waals surface area (Å²) in [4.78, 5) is 4.39. The van der Waals surface area contributed by atoms with Crippen LogP contribution in [0.5, 0.6) is 0 Å². The van der Waals surface area contributed by atoms with E-state index >= 15 is 0 Å². The van der Waals surface area contributed by atoms with Crippen molar-refractivity contribution in [2.24, 2.45) is 0 Å². The first-order valence-corrected chi connectivity index (χ1v) is 7.34. The second kappa shape index (κ2) is 7.24. The molecule has 0 radical (unpaired) electrons. The first kappa shape index (κ1) is 14.8. The summed E-state index contributed by atoms with van der Waals surface area (Å²) in [5.41, 5.74) is 0. The van der Waals surface area contributed by atoms with Gasteiger partial charge in [-0.15, -0.1) is 0 Å². The van der Waals surface area contributed by atoms with E-state index in [0.29, 0.717) is 12.1 Å². The summed E-state index contributed by atoms with van der Waals surface area (Å²) in [6.07, 6.45) is 6.25. The molecule has 0 amide bonds. The molecule has 1 atom stereocenters. The fourth-order valence-electron chi connectivity index (χ4n) is 2.41. The zero-order valence-electron chi connectivity index (χ0n) is 12.5. The Morgan fingerprint density at radius 2 is 2.25 bits per heavy atom. The Morgan fingerprint density at radius 1 is 1.40 bits per heavy atom. The predicted molar refractivity (Wildman–Crippen MR) is 78.6 cm³/mol. The van der Waals surface area contributed by atoms with Gasteiger partial charge in [-0.25, -0.2) is 9.67 Å². The molecule has 0 saturated heterocycles. The van der Waals surface area contributed by atoms with E-state index in [1.54, 1.807) is 12.6 Å². The molecular weight excluding hydrogens is 252 g/mol. The van der Waals surface area contributed by atoms with Gasteiger partial charge in [0, 0.05) is 24.9 Å². The van der Waals surface area contributed by atoms with Crippen LogP contribution >= 0.6 is 0 Å². The number of furan rings is 1. The molecule has 1 N–H and O–H groups in total. The van der Waals surface area contributed by atoms with Crippen LogP contribution in [0, 0.1) is 0 Å². The van der Waals surface area contributed by atoms with Crippen LogP contribution < -0.4 is 5.32 Å². The first-order valence-electron chi connectivity index (χ1n) is 7.34. The maximum Gasteiger partial charge on any atom is 0.138 e. The molecule has 2 heterocycles. The fraction of sp³-hybridized carbons (Fsp3) is 0.600. The van der Waals surface area contributed by atoms with Crippen molar-refractivity contribution in [3.8, 4) is 0 Å². The van der Waals surface area contributed by atoms with E-state index in [2.05, 4.69) is 36.2 Å². The Labute approximate surface area is 120 Å². The zero-order valence-corrected chi connectivity index (χ0v) is 12.5. The van der Waals surface area contributed by atoms with Gasteiger partial charge in [-0.05, 0) is 38.9 Å². The van der Waals surface area contributed by atoms with E-state index in [4.69, 9.17) is 4.42 Å². The quantitative estimate of drug-likeness (QED) is 0.805. The number of nitrogens with one attached hydrogen (secondary N) is 1. The minimum atomic E-state index is 0.347. The Morgan fingerprint density at radius 3 is 2.90 bits per heavy atom. The third kappa shape index (κ3) is 3.93. The van der Waals surface area contributed by atoms with Crippen molar-refractivity contribution in [1.29, 1.82) is 0 Å². The maximum absolute atomic E-state index is 5.40. The second-order valence-electron chi connectivity index (χ2n) is 5.29. The summed E-state index contributed by atoms with van der Waals surface area (Å²) in [6.45, 7) is 7.35. The number of aromatic nitrogens is 3. The Balaban J connectivity index is 1.95. The SMILES string of the molecule is CCNC(CCc1ccco1)Cc1ncnn1C(C)C. The van der Waals surface area contributed by atoms with Crippen molar-refractivity contribution >= 4 is 0 Å². The highest BCUT2D eigenvalue weighted by Gasteiger charge is 2.15. The normalized spacial score (nSPS) is 13.0. The molecular formula is C15H24N4O. The number of rotatable bonds is 8. The lowest BCUT2D eigenvalue weighted by Crippen LogP contribution is -2.32. The van der Waals surface area contributed by atoms with Gasteiger partial charge in [-0.3, -0.25) is 0 Å². The van der Waals surface area contributed by atoms with Gasteiger partial charge in [-0.1, -0.05) is 6.92 Å². The predicted octanol–water partition coefficient (Wildman–Crippen LogP) is 2.61. The molecule has 20 heavy (non-hydrogen) atoms. The molecule has 0 aliphatic heterocycles. The molecule has 2 aromatic rings. The van der Waals surface area contributed by atoms with Crippen molar-refractivity contribution in [3.63, 3.8) is 0 Å². The molecule has 5 heteroatoms. The molecule has 5 nitrogen and oxygen atoms in total. The van der Waals surface area contributed by atoms with Gasteiger partial charge in [0.25, 0.3) is 0 Å². The Kier molecular flexibility index (Phi) is 5.35. The van der Waals surface area contributed by atoms with Crippen LogP contribution in [-0.2, 0) is 12.8 Å². The maximum atomic E-state index is 5.40. The van der Waals surface area contributed by atoms with Crippen molar-refractivity contribution in [2.75, 3.05) is 6.54 Å². The number of aryl methyl sites for hydroxylation is 1. The summed E-state index contributed by atoms with van der Waals surface area (Å²) in [7, 11) is 0. The van der Waals surface area contributed by atoms with Crippen LogP contribution in [0.3, 0.4) is 0 Å². The third-order valence-electron chi connectivity index (χ3n) is 3.38. The average molecular weight is 276 g/mol. The van der Waals surface area contributed by atoms with Crippen LogP contribution in [0.1, 0.15) is 44.8 Å². The van der Waals surface area contributed by atoms with Crippen molar-refractivity contribution in [1.82, 2.24) is 20.1 Å². The minimum absolute atomic E-state index is 0.347. The summed E-state index contributed by atoms with van der Waals surface area (Å²) in [5.74, 6) is 2.09. The summed E-state index contributed by atoms with van der Waals surface area (Å²) in [6, 6.07) is 4.71. The Hall–Kier alpha value is -1.62. The number of hydrogen-bond acceptors (Lipinski definition) is 4. The van der Waals surface area contributed by atoms with E-state index in [-0.39, 0.29) is 0 Å². The van der Waals surface area contributed by atoms with Gasteiger partial charge in [0.1, 0.15) is 17.9 Å². The minimum Gasteiger partial charge on any atom is -0.469 e. The topological polar surface area (TPSA) is 55.9 Å². The molecule has 0 aliphatic rings. The lowest BCUT2D eigenvalue weighted by atomic mass is 10.1. The van der Waals surface area contributed by atoms with Crippen molar-refractivity contribution in [2.45, 2.75) is 52.1 Å². The lowest BCUT2D eigenvalue weighted by molar-refractivity contribution is 0.425. The lowest BCUT2D eigenvalue weighted by Gasteiger charge is -2.18. The molecule has 2 rings (SSSR count). The highest BCUT2D eigenvalue weighted by molar-refractivity contribution is 4.99. The fourth-order valence-corrected chi connectivity index (χ4v) is 2.41. The van der Waals surface area contributed by atoms with Crippen LogP contribution in [0.2, 0.25) is 0 Å². The standard InChI is InChI=1S/C15H24N4O/c1-4-16-13(7-8-14-6-5-9-20-14)10-15-17-11-18-19(15)12(2)3/h5-6,9,11-13,16H,4,7-8,10H2,1-3H3. The summed E-state index contributed by atoms with van der Waals surface area (Å²) in [5, 5.41) is 7.82. The van der Waals surface area contributed by atoms with Crippen LogP contribution in [0.25, 0.3) is 0 Å². The van der Waals surface area contributed by atoms with E-state index in [0.717, 1.165) is 37.4 Å². The van der Waals surface area contributed by atoms with Gasteiger partial charge in [-0.2, -0.15) is 5.10 Å². The number of nitrogens with zero attached hydrogens (tertiary/aromatic N) is 3. The molecule has 1 unspecified atom stereocenters. The molecule has 0 fully saturated rings. The molecule has 0 aromatic carbocycles. The van der Waals surface area contributed by atoms with Gasteiger partial charge in [0.05, 0.1) is 6.26 Å². The van der Waals surface area contributed by atoms with Crippen LogP contribution in [0.15, 0.2) is 29.1 Å². The van der Waals surface area contributed by atoms with Crippen molar-refractivity contribution in [3.05, 3.63) is 36.3 Å². The molecule has 0 aliphatic carbocycles. The summed E-state index contributed by atoms with van der Waals surface area (Å²) < 4.78 is 7.40. The Bertz CT molecular complexity index is 490. The smallest absolute Gasteiger partial charge is 0.138 e. The van der Waals surface area contributed by atoms with Crippen LogP contribution in [0.4, 0.5) is 0 Å². The van der Waals surface area contributed by atoms with Gasteiger partial charge in [0.15, 0.2) is 0 Å². The second-order valence-corrected chi connectivity index (χ2v) is 5.29. The highest BCUT2D eigenvalue weighted by atomic mass is 16.3. The summed E-state index contributed by atoms with van der Waals surface area (Å²) >= 11 is 0. The highest BCUT2D eigenvalue weighted by Crippen LogP contribution is 2.12. The molecule has 0 bridgehead atoms. The average Bonchev–Trinajstić information content (AvgIpc) is 3.07. The molecule has 0 spiro atoms. The molecule has 110 valence electrons. The monoisotopic (exact) mass is 276 g/mol. The first-order chi connectivity index (χ1) is 9.70. The largest absolute Gasteiger partial charge is 0.469 e. The zero-order chi connectivity index (χ0) is 14.4. The van der Waals surface area contributed by atoms with E-state index in [9.17, 15) is 0 Å². The molecule has 0 saturated carbocycles. The molecule has 2 aromatic heterocycles.